The van der Waals surface area contributed by atoms with Crippen LogP contribution in [0.1, 0.15) is 19.4 Å². The second-order valence-electron chi connectivity index (χ2n) is 3.21. The molecule has 0 N–H and O–H groups in total. The van der Waals surface area contributed by atoms with Crippen LogP contribution in [0.5, 0.6) is 0 Å². The molecule has 0 aliphatic rings. The van der Waals surface area contributed by atoms with Gasteiger partial charge in [-0.1, -0.05) is 31.2 Å². The van der Waals surface area contributed by atoms with Crippen LogP contribution >= 0.6 is 11.8 Å². The molecule has 0 heterocycles. The van der Waals surface area contributed by atoms with Crippen LogP contribution in [0, 0.1) is 0 Å². The number of hydrogen-bond donors (Lipinski definition) is 0. The summed E-state index contributed by atoms with van der Waals surface area (Å²) in [4.78, 5) is 1.35. The van der Waals surface area contributed by atoms with Crippen molar-refractivity contribution >= 4 is 11.8 Å². The van der Waals surface area contributed by atoms with Gasteiger partial charge in [0.25, 0.3) is 0 Å². The van der Waals surface area contributed by atoms with Crippen LogP contribution in [0.4, 0.5) is 0 Å². The zero-order valence-corrected chi connectivity index (χ0v) is 9.16. The average molecular weight is 192 g/mol. The highest BCUT2D eigenvalue weighted by Crippen LogP contribution is 2.18. The smallest absolute Gasteiger partial charge is 0.00720 e. The summed E-state index contributed by atoms with van der Waals surface area (Å²) in [5, 5.41) is 0. The van der Waals surface area contributed by atoms with Crippen molar-refractivity contribution in [3.05, 3.63) is 42.0 Å². The Morgan fingerprint density at radius 3 is 2.38 bits per heavy atom. The quantitative estimate of drug-likeness (QED) is 0.514. The van der Waals surface area contributed by atoms with Crippen LogP contribution in [0.2, 0.25) is 0 Å². The maximum absolute atomic E-state index is 3.90. The van der Waals surface area contributed by atoms with Gasteiger partial charge in [0.1, 0.15) is 0 Å². The first-order chi connectivity index (χ1) is 6.22. The van der Waals surface area contributed by atoms with Crippen LogP contribution in [0.3, 0.4) is 0 Å². The molecule has 70 valence electrons. The van der Waals surface area contributed by atoms with E-state index in [1.807, 2.05) is 11.8 Å². The van der Waals surface area contributed by atoms with Crippen molar-refractivity contribution < 1.29 is 0 Å². The van der Waals surface area contributed by atoms with Gasteiger partial charge in [-0.25, -0.2) is 0 Å². The molecule has 1 aromatic rings. The van der Waals surface area contributed by atoms with Crippen molar-refractivity contribution in [1.82, 2.24) is 0 Å². The molecule has 1 rings (SSSR count). The molecule has 0 amide bonds. The van der Waals surface area contributed by atoms with E-state index in [0.29, 0.717) is 0 Å². The highest BCUT2D eigenvalue weighted by Gasteiger charge is 1.94. The van der Waals surface area contributed by atoms with Crippen LogP contribution < -0.4 is 0 Å². The summed E-state index contributed by atoms with van der Waals surface area (Å²) < 4.78 is 0. The van der Waals surface area contributed by atoms with Crippen molar-refractivity contribution in [1.29, 1.82) is 0 Å². The third-order valence-corrected chi connectivity index (χ3v) is 2.63. The summed E-state index contributed by atoms with van der Waals surface area (Å²) >= 11 is 1.88. The van der Waals surface area contributed by atoms with Crippen molar-refractivity contribution in [2.24, 2.45) is 0 Å². The van der Waals surface area contributed by atoms with Gasteiger partial charge in [0, 0.05) is 4.90 Å². The van der Waals surface area contributed by atoms with Crippen molar-refractivity contribution in [2.45, 2.75) is 25.2 Å². The Morgan fingerprint density at radius 2 is 1.92 bits per heavy atom. The molecule has 13 heavy (non-hydrogen) atoms. The van der Waals surface area contributed by atoms with Crippen molar-refractivity contribution in [3.8, 4) is 0 Å². The summed E-state index contributed by atoms with van der Waals surface area (Å²) in [5.41, 5.74) is 2.57. The zero-order valence-electron chi connectivity index (χ0n) is 8.34. The second-order valence-corrected chi connectivity index (χ2v) is 4.55. The van der Waals surface area contributed by atoms with Gasteiger partial charge in [-0.15, -0.1) is 11.8 Å². The number of rotatable bonds is 4. The van der Waals surface area contributed by atoms with E-state index in [1.165, 1.54) is 16.0 Å². The molecule has 0 aliphatic heterocycles. The van der Waals surface area contributed by atoms with E-state index < -0.39 is 0 Å². The van der Waals surface area contributed by atoms with E-state index in [1.54, 1.807) is 0 Å². The van der Waals surface area contributed by atoms with Gasteiger partial charge in [-0.2, -0.15) is 0 Å². The fourth-order valence-corrected chi connectivity index (χ4v) is 1.88. The van der Waals surface area contributed by atoms with Gasteiger partial charge < -0.3 is 0 Å². The Balaban J connectivity index is 2.64. The van der Waals surface area contributed by atoms with Gasteiger partial charge in [-0.05, 0) is 36.8 Å². The first-order valence-corrected chi connectivity index (χ1v) is 5.57. The van der Waals surface area contributed by atoms with Gasteiger partial charge in [0.15, 0.2) is 0 Å². The molecule has 0 unspecified atom stereocenters. The maximum atomic E-state index is 3.90. The summed E-state index contributed by atoms with van der Waals surface area (Å²) in [6, 6.07) is 8.75. The first kappa shape index (κ1) is 10.4. The first-order valence-electron chi connectivity index (χ1n) is 4.58. The minimum Gasteiger partial charge on any atom is -0.126 e. The van der Waals surface area contributed by atoms with Gasteiger partial charge >= 0.3 is 0 Å². The van der Waals surface area contributed by atoms with Gasteiger partial charge in [-0.3, -0.25) is 0 Å². The number of hydrogen-bond acceptors (Lipinski definition) is 1. The highest BCUT2D eigenvalue weighted by atomic mass is 32.2. The molecule has 0 aliphatic carbocycles. The number of thioether (sulfide) groups is 1. The Labute approximate surface area is 85.1 Å². The molecule has 0 bridgehead atoms. The summed E-state index contributed by atoms with van der Waals surface area (Å²) in [5.74, 6) is 1.14. The van der Waals surface area contributed by atoms with Crippen LogP contribution in [0.15, 0.2) is 41.3 Å². The normalized spacial score (nSPS) is 10.0. The molecule has 0 atom stereocenters. The Morgan fingerprint density at radius 1 is 1.31 bits per heavy atom. The average Bonchev–Trinajstić information content (AvgIpc) is 2.08. The summed E-state index contributed by atoms with van der Waals surface area (Å²) in [7, 11) is 0. The van der Waals surface area contributed by atoms with E-state index in [-0.39, 0.29) is 0 Å². The molecule has 0 saturated carbocycles. The Kier molecular flexibility index (Phi) is 4.10. The van der Waals surface area contributed by atoms with Crippen LogP contribution in [-0.2, 0) is 6.42 Å². The standard InChI is InChI=1S/C12H16S/c1-4-13-12-7-5-11(6-8-12)9-10(2)3/h5-8H,2,4,9H2,1,3H3. The summed E-state index contributed by atoms with van der Waals surface area (Å²) in [6.45, 7) is 8.14. The third kappa shape index (κ3) is 3.69. The lowest BCUT2D eigenvalue weighted by molar-refractivity contribution is 1.15. The molecular formula is C12H16S. The maximum Gasteiger partial charge on any atom is 0.00720 e. The minimum atomic E-state index is 0.997. The van der Waals surface area contributed by atoms with Crippen LogP contribution in [-0.4, -0.2) is 5.75 Å². The predicted octanol–water partition coefficient (Wildman–Crippen LogP) is 3.92. The van der Waals surface area contributed by atoms with E-state index in [4.69, 9.17) is 0 Å². The van der Waals surface area contributed by atoms with Gasteiger partial charge in [0.05, 0.1) is 0 Å². The molecule has 0 nitrogen and oxygen atoms in total. The SMILES string of the molecule is C=C(C)Cc1ccc(SCC)cc1. The monoisotopic (exact) mass is 192 g/mol. The van der Waals surface area contributed by atoms with E-state index >= 15 is 0 Å². The lowest BCUT2D eigenvalue weighted by Crippen LogP contribution is -1.84. The van der Waals surface area contributed by atoms with Crippen molar-refractivity contribution in [2.75, 3.05) is 5.75 Å². The molecule has 0 aromatic heterocycles. The fraction of sp³-hybridized carbons (Fsp3) is 0.333. The van der Waals surface area contributed by atoms with Crippen LogP contribution in [0.25, 0.3) is 0 Å². The topological polar surface area (TPSA) is 0 Å². The number of benzene rings is 1. The molecule has 0 radical (unpaired) electrons. The highest BCUT2D eigenvalue weighted by molar-refractivity contribution is 7.99. The predicted molar refractivity (Wildman–Crippen MR) is 61.4 cm³/mol. The molecular weight excluding hydrogens is 176 g/mol. The van der Waals surface area contributed by atoms with Gasteiger partial charge in [0.2, 0.25) is 0 Å². The molecule has 0 saturated heterocycles. The number of allylic oxidation sites excluding steroid dienone is 1. The Hall–Kier alpha value is -0.690. The fourth-order valence-electron chi connectivity index (χ4n) is 1.22. The molecule has 0 fully saturated rings. The third-order valence-electron chi connectivity index (χ3n) is 1.74. The summed E-state index contributed by atoms with van der Waals surface area (Å²) in [6.07, 6.45) is 0.997. The second kappa shape index (κ2) is 5.13. The molecule has 1 aromatic carbocycles. The van der Waals surface area contributed by atoms with E-state index in [9.17, 15) is 0 Å². The minimum absolute atomic E-state index is 0.997. The van der Waals surface area contributed by atoms with E-state index in [0.717, 1.165) is 12.2 Å². The molecule has 1 heteroatoms. The zero-order chi connectivity index (χ0) is 9.68. The lowest BCUT2D eigenvalue weighted by atomic mass is 10.1. The molecule has 0 spiro atoms. The largest absolute Gasteiger partial charge is 0.126 e. The van der Waals surface area contributed by atoms with E-state index in [2.05, 4.69) is 44.7 Å². The Bertz CT molecular complexity index is 272. The van der Waals surface area contributed by atoms with Crippen molar-refractivity contribution in [3.63, 3.8) is 0 Å². The lowest BCUT2D eigenvalue weighted by Gasteiger charge is -2.02.